The largest absolute Gasteiger partial charge is 0.399 e. The van der Waals surface area contributed by atoms with E-state index in [0.29, 0.717) is 11.4 Å². The van der Waals surface area contributed by atoms with Crippen molar-refractivity contribution >= 4 is 22.5 Å². The SMILES string of the molecule is CC(CN1CCCC1)NC(=O)c1n[nH]c2ccc(N)cc12. The van der Waals surface area contributed by atoms with Crippen molar-refractivity contribution in [1.29, 1.82) is 0 Å². The zero-order valence-corrected chi connectivity index (χ0v) is 12.2. The van der Waals surface area contributed by atoms with Gasteiger partial charge in [0.15, 0.2) is 5.69 Å². The van der Waals surface area contributed by atoms with E-state index in [-0.39, 0.29) is 11.9 Å². The van der Waals surface area contributed by atoms with Gasteiger partial charge in [-0.1, -0.05) is 0 Å². The van der Waals surface area contributed by atoms with Crippen molar-refractivity contribution in [2.24, 2.45) is 0 Å². The molecule has 6 nitrogen and oxygen atoms in total. The first-order chi connectivity index (χ1) is 10.1. The van der Waals surface area contributed by atoms with Gasteiger partial charge in [0.2, 0.25) is 0 Å². The number of hydrogen-bond acceptors (Lipinski definition) is 4. The lowest BCUT2D eigenvalue weighted by molar-refractivity contribution is 0.0928. The molecule has 0 radical (unpaired) electrons. The van der Waals surface area contributed by atoms with Crippen molar-refractivity contribution in [3.63, 3.8) is 0 Å². The van der Waals surface area contributed by atoms with Crippen LogP contribution in [0, 0.1) is 0 Å². The summed E-state index contributed by atoms with van der Waals surface area (Å²) in [5, 5.41) is 10.8. The molecule has 1 aromatic carbocycles. The summed E-state index contributed by atoms with van der Waals surface area (Å²) < 4.78 is 0. The summed E-state index contributed by atoms with van der Waals surface area (Å²) in [4.78, 5) is 14.7. The molecule has 1 amide bonds. The quantitative estimate of drug-likeness (QED) is 0.741. The Labute approximate surface area is 123 Å². The summed E-state index contributed by atoms with van der Waals surface area (Å²) >= 11 is 0. The van der Waals surface area contributed by atoms with Gasteiger partial charge in [0.05, 0.1) is 5.52 Å². The number of aromatic amines is 1. The minimum Gasteiger partial charge on any atom is -0.399 e. The molecule has 2 heterocycles. The molecule has 0 aliphatic carbocycles. The lowest BCUT2D eigenvalue weighted by Gasteiger charge is -2.20. The molecule has 1 fully saturated rings. The number of aromatic nitrogens is 2. The third-order valence-electron chi connectivity index (χ3n) is 3.91. The van der Waals surface area contributed by atoms with Gasteiger partial charge in [-0.25, -0.2) is 0 Å². The topological polar surface area (TPSA) is 87.0 Å². The van der Waals surface area contributed by atoms with Crippen LogP contribution in [0.3, 0.4) is 0 Å². The van der Waals surface area contributed by atoms with Gasteiger partial charge < -0.3 is 16.0 Å². The van der Waals surface area contributed by atoms with Gasteiger partial charge in [-0.15, -0.1) is 0 Å². The van der Waals surface area contributed by atoms with Gasteiger partial charge >= 0.3 is 0 Å². The Bertz CT molecular complexity index is 645. The number of carbonyl (C=O) groups excluding carboxylic acids is 1. The van der Waals surface area contributed by atoms with Crippen LogP contribution in [0.1, 0.15) is 30.3 Å². The molecular formula is C15H21N5O. The second-order valence-electron chi connectivity index (χ2n) is 5.76. The maximum Gasteiger partial charge on any atom is 0.272 e. The number of nitrogens with zero attached hydrogens (tertiary/aromatic N) is 2. The van der Waals surface area contributed by atoms with E-state index in [9.17, 15) is 4.79 Å². The molecule has 1 aromatic heterocycles. The number of nitrogen functional groups attached to an aromatic ring is 1. The van der Waals surface area contributed by atoms with Gasteiger partial charge in [0.25, 0.3) is 5.91 Å². The number of nitrogens with one attached hydrogen (secondary N) is 2. The first-order valence-electron chi connectivity index (χ1n) is 7.40. The van der Waals surface area contributed by atoms with Gasteiger partial charge in [0, 0.05) is 23.7 Å². The van der Waals surface area contributed by atoms with Crippen LogP contribution in [0.25, 0.3) is 10.9 Å². The lowest BCUT2D eigenvalue weighted by Crippen LogP contribution is -2.41. The monoisotopic (exact) mass is 287 g/mol. The highest BCUT2D eigenvalue weighted by Crippen LogP contribution is 2.19. The molecule has 1 aliphatic rings. The Morgan fingerprint density at radius 3 is 3.00 bits per heavy atom. The van der Waals surface area contributed by atoms with Crippen LogP contribution in [0.15, 0.2) is 18.2 Å². The van der Waals surface area contributed by atoms with Crippen molar-refractivity contribution in [3.8, 4) is 0 Å². The molecule has 4 N–H and O–H groups in total. The van der Waals surface area contributed by atoms with Crippen molar-refractivity contribution in [2.75, 3.05) is 25.4 Å². The molecule has 3 rings (SSSR count). The van der Waals surface area contributed by atoms with Gasteiger partial charge in [-0.3, -0.25) is 9.89 Å². The molecule has 6 heteroatoms. The highest BCUT2D eigenvalue weighted by atomic mass is 16.2. The molecular weight excluding hydrogens is 266 g/mol. The summed E-state index contributed by atoms with van der Waals surface area (Å²) in [6.45, 7) is 5.17. The predicted molar refractivity (Wildman–Crippen MR) is 83.1 cm³/mol. The Morgan fingerprint density at radius 2 is 2.24 bits per heavy atom. The normalized spacial score (nSPS) is 17.2. The number of benzene rings is 1. The number of amides is 1. The maximum atomic E-state index is 12.4. The van der Waals surface area contributed by atoms with Crippen molar-refractivity contribution in [3.05, 3.63) is 23.9 Å². The fourth-order valence-electron chi connectivity index (χ4n) is 2.90. The number of carbonyl (C=O) groups is 1. The summed E-state index contributed by atoms with van der Waals surface area (Å²) in [6.07, 6.45) is 2.51. The van der Waals surface area contributed by atoms with Crippen LogP contribution in [0.2, 0.25) is 0 Å². The first-order valence-corrected chi connectivity index (χ1v) is 7.40. The number of rotatable bonds is 4. The summed E-state index contributed by atoms with van der Waals surface area (Å²) in [6, 6.07) is 5.50. The minimum atomic E-state index is -0.154. The maximum absolute atomic E-state index is 12.4. The third kappa shape index (κ3) is 3.00. The van der Waals surface area contributed by atoms with Crippen LogP contribution in [-0.2, 0) is 0 Å². The molecule has 0 spiro atoms. The van der Waals surface area contributed by atoms with Crippen LogP contribution in [-0.4, -0.2) is 46.7 Å². The van der Waals surface area contributed by atoms with Crippen molar-refractivity contribution < 1.29 is 4.79 Å². The molecule has 0 saturated carbocycles. The zero-order chi connectivity index (χ0) is 14.8. The summed E-state index contributed by atoms with van der Waals surface area (Å²) in [7, 11) is 0. The van der Waals surface area contributed by atoms with E-state index in [1.165, 1.54) is 12.8 Å². The Kier molecular flexibility index (Phi) is 3.79. The van der Waals surface area contributed by atoms with Crippen molar-refractivity contribution in [2.45, 2.75) is 25.8 Å². The average molecular weight is 287 g/mol. The van der Waals surface area contributed by atoms with E-state index >= 15 is 0 Å². The van der Waals surface area contributed by atoms with E-state index in [0.717, 1.165) is 30.5 Å². The predicted octanol–water partition coefficient (Wildman–Crippen LogP) is 1.36. The van der Waals surface area contributed by atoms with Gasteiger partial charge in [0.1, 0.15) is 0 Å². The smallest absolute Gasteiger partial charge is 0.272 e. The highest BCUT2D eigenvalue weighted by molar-refractivity contribution is 6.05. The molecule has 21 heavy (non-hydrogen) atoms. The second kappa shape index (κ2) is 5.73. The fraction of sp³-hybridized carbons (Fsp3) is 0.467. The molecule has 1 saturated heterocycles. The van der Waals surface area contributed by atoms with Crippen LogP contribution in [0.5, 0.6) is 0 Å². The van der Waals surface area contributed by atoms with Crippen LogP contribution >= 0.6 is 0 Å². The van der Waals surface area contributed by atoms with Crippen LogP contribution < -0.4 is 11.1 Å². The average Bonchev–Trinajstić information content (AvgIpc) is 3.07. The Morgan fingerprint density at radius 1 is 1.48 bits per heavy atom. The van der Waals surface area contributed by atoms with Gasteiger partial charge in [-0.2, -0.15) is 5.10 Å². The standard InChI is InChI=1S/C15H21N5O/c1-10(9-20-6-2-3-7-20)17-15(21)14-12-8-11(16)4-5-13(12)18-19-14/h4-5,8,10H,2-3,6-7,9,16H2,1H3,(H,17,21)(H,18,19). The number of fused-ring (bicyclic) bond motifs is 1. The molecule has 0 bridgehead atoms. The third-order valence-corrected chi connectivity index (χ3v) is 3.91. The Balaban J connectivity index is 1.70. The number of likely N-dealkylation sites (tertiary alicyclic amines) is 1. The van der Waals surface area contributed by atoms with E-state index in [2.05, 4.69) is 20.4 Å². The highest BCUT2D eigenvalue weighted by Gasteiger charge is 2.19. The van der Waals surface area contributed by atoms with E-state index in [4.69, 9.17) is 5.73 Å². The molecule has 112 valence electrons. The number of H-pyrrole nitrogens is 1. The summed E-state index contributed by atoms with van der Waals surface area (Å²) in [5.74, 6) is -0.154. The lowest BCUT2D eigenvalue weighted by atomic mass is 10.1. The van der Waals surface area contributed by atoms with E-state index in [1.807, 2.05) is 13.0 Å². The fourth-order valence-corrected chi connectivity index (χ4v) is 2.90. The molecule has 1 aliphatic heterocycles. The first kappa shape index (κ1) is 13.9. The van der Waals surface area contributed by atoms with Crippen molar-refractivity contribution in [1.82, 2.24) is 20.4 Å². The number of anilines is 1. The Hall–Kier alpha value is -2.08. The molecule has 1 unspecified atom stereocenters. The summed E-state index contributed by atoms with van der Waals surface area (Å²) in [5.41, 5.74) is 7.64. The molecule has 2 aromatic rings. The number of nitrogens with two attached hydrogens (primary N) is 1. The van der Waals surface area contributed by atoms with E-state index < -0.39 is 0 Å². The number of hydrogen-bond donors (Lipinski definition) is 3. The second-order valence-corrected chi connectivity index (χ2v) is 5.76. The minimum absolute atomic E-state index is 0.100. The molecule has 1 atom stereocenters. The van der Waals surface area contributed by atoms with Gasteiger partial charge in [-0.05, 0) is 51.1 Å². The zero-order valence-electron chi connectivity index (χ0n) is 12.2. The van der Waals surface area contributed by atoms with Crippen LogP contribution in [0.4, 0.5) is 5.69 Å². The van der Waals surface area contributed by atoms with E-state index in [1.54, 1.807) is 12.1 Å².